The van der Waals surface area contributed by atoms with Crippen molar-refractivity contribution >= 4 is 23.6 Å². The number of likely N-dealkylation sites (tertiary alicyclic amines) is 2. The van der Waals surface area contributed by atoms with Crippen LogP contribution in [0.4, 0.5) is 0 Å². The van der Waals surface area contributed by atoms with Gasteiger partial charge < -0.3 is 20.4 Å². The van der Waals surface area contributed by atoms with Gasteiger partial charge in [-0.15, -0.1) is 0 Å². The lowest BCUT2D eigenvalue weighted by atomic mass is 10.0. The molecule has 0 aromatic carbocycles. The van der Waals surface area contributed by atoms with Crippen molar-refractivity contribution in [2.45, 2.75) is 90.1 Å². The van der Waals surface area contributed by atoms with Crippen LogP contribution < -0.4 is 10.6 Å². The highest BCUT2D eigenvalue weighted by molar-refractivity contribution is 5.88. The van der Waals surface area contributed by atoms with Gasteiger partial charge in [-0.25, -0.2) is 0 Å². The summed E-state index contributed by atoms with van der Waals surface area (Å²) in [5, 5.41) is 5.59. The first-order valence-corrected chi connectivity index (χ1v) is 12.1. The van der Waals surface area contributed by atoms with E-state index in [-0.39, 0.29) is 36.7 Å². The molecule has 2 aliphatic heterocycles. The summed E-state index contributed by atoms with van der Waals surface area (Å²) in [7, 11) is 0. The summed E-state index contributed by atoms with van der Waals surface area (Å²) in [4.78, 5) is 53.0. The van der Waals surface area contributed by atoms with Gasteiger partial charge in [0.25, 0.3) is 0 Å². The van der Waals surface area contributed by atoms with Crippen molar-refractivity contribution in [2.75, 3.05) is 26.2 Å². The van der Waals surface area contributed by atoms with Crippen LogP contribution in [0.5, 0.6) is 0 Å². The van der Waals surface area contributed by atoms with E-state index in [4.69, 9.17) is 0 Å². The lowest BCUT2D eigenvalue weighted by molar-refractivity contribution is -0.142. The molecule has 0 unspecified atom stereocenters. The largest absolute Gasteiger partial charge is 0.343 e. The molecule has 8 nitrogen and oxygen atoms in total. The minimum atomic E-state index is -0.415. The molecule has 0 saturated carbocycles. The van der Waals surface area contributed by atoms with Crippen molar-refractivity contribution in [3.05, 3.63) is 0 Å². The molecular weight excluding hydrogens is 408 g/mol. The van der Waals surface area contributed by atoms with Crippen LogP contribution in [0.3, 0.4) is 0 Å². The van der Waals surface area contributed by atoms with E-state index in [1.54, 1.807) is 9.80 Å². The van der Waals surface area contributed by atoms with Crippen LogP contribution >= 0.6 is 0 Å². The highest BCUT2D eigenvalue weighted by Gasteiger charge is 2.32. The molecule has 2 atom stereocenters. The van der Waals surface area contributed by atoms with Gasteiger partial charge in [0.15, 0.2) is 0 Å². The molecule has 2 fully saturated rings. The monoisotopic (exact) mass is 446 g/mol. The molecule has 2 rings (SSSR count). The van der Waals surface area contributed by atoms with E-state index in [9.17, 15) is 19.2 Å². The number of hydrogen-bond acceptors (Lipinski definition) is 4. The van der Waals surface area contributed by atoms with Crippen molar-refractivity contribution in [1.82, 2.24) is 20.4 Å². The average molecular weight is 447 g/mol. The molecule has 32 heavy (non-hydrogen) atoms. The Morgan fingerprint density at radius 2 is 1.12 bits per heavy atom. The Kier molecular flexibility index (Phi) is 11.1. The molecule has 8 heteroatoms. The SMILES string of the molecule is CCCC(=O)N1CCCC[C@@H]1C(=O)NCC#CCNC(=O)[C@H]1CCCCN1C(=O)CCC. The quantitative estimate of drug-likeness (QED) is 0.553. The van der Waals surface area contributed by atoms with E-state index in [1.165, 1.54) is 0 Å². The maximum Gasteiger partial charge on any atom is 0.243 e. The standard InChI is InChI=1S/C24H38N4O4/c1-3-11-21(29)27-17-9-5-13-19(27)23(31)25-15-7-8-16-26-24(32)20-14-6-10-18-28(20)22(30)12-4-2/h19-20H,3-6,9-18H2,1-2H3,(H,25,31)(H,26,32)/t19-,20-/m1/s1. The molecule has 0 bridgehead atoms. The topological polar surface area (TPSA) is 98.8 Å². The number of carbonyl (C=O) groups is 4. The van der Waals surface area contributed by atoms with Crippen LogP contribution in [-0.4, -0.2) is 71.7 Å². The summed E-state index contributed by atoms with van der Waals surface area (Å²) in [6, 6.07) is -0.829. The van der Waals surface area contributed by atoms with Crippen molar-refractivity contribution in [3.8, 4) is 11.8 Å². The van der Waals surface area contributed by atoms with E-state index in [0.29, 0.717) is 38.8 Å². The first kappa shape index (κ1) is 25.7. The van der Waals surface area contributed by atoms with Crippen LogP contribution in [-0.2, 0) is 19.2 Å². The molecule has 2 N–H and O–H groups in total. The van der Waals surface area contributed by atoms with Gasteiger partial charge in [0.05, 0.1) is 13.1 Å². The molecule has 0 aromatic heterocycles. The summed E-state index contributed by atoms with van der Waals surface area (Å²) in [5.41, 5.74) is 0. The maximum absolute atomic E-state index is 12.5. The highest BCUT2D eigenvalue weighted by atomic mass is 16.2. The Labute approximate surface area is 191 Å². The van der Waals surface area contributed by atoms with Crippen molar-refractivity contribution in [1.29, 1.82) is 0 Å². The molecule has 178 valence electrons. The third kappa shape index (κ3) is 7.54. The van der Waals surface area contributed by atoms with E-state index in [0.717, 1.165) is 38.5 Å². The van der Waals surface area contributed by atoms with Crippen LogP contribution in [0.1, 0.15) is 78.1 Å². The third-order valence-electron chi connectivity index (χ3n) is 6.01. The fourth-order valence-corrected chi connectivity index (χ4v) is 4.34. The van der Waals surface area contributed by atoms with Gasteiger partial charge in [0.1, 0.15) is 12.1 Å². The predicted molar refractivity (Wildman–Crippen MR) is 122 cm³/mol. The summed E-state index contributed by atoms with van der Waals surface area (Å²) in [6.07, 6.45) is 7.56. The first-order chi connectivity index (χ1) is 15.5. The van der Waals surface area contributed by atoms with Gasteiger partial charge in [-0.05, 0) is 51.4 Å². The fraction of sp³-hybridized carbons (Fsp3) is 0.750. The Balaban J connectivity index is 1.76. The van der Waals surface area contributed by atoms with E-state index in [2.05, 4.69) is 22.5 Å². The molecule has 0 spiro atoms. The van der Waals surface area contributed by atoms with Crippen LogP contribution in [0, 0.1) is 11.8 Å². The zero-order valence-electron chi connectivity index (χ0n) is 19.6. The lowest BCUT2D eigenvalue weighted by Crippen LogP contribution is -2.52. The van der Waals surface area contributed by atoms with Gasteiger partial charge >= 0.3 is 0 Å². The van der Waals surface area contributed by atoms with Crippen molar-refractivity contribution < 1.29 is 19.2 Å². The highest BCUT2D eigenvalue weighted by Crippen LogP contribution is 2.19. The second-order valence-electron chi connectivity index (χ2n) is 8.49. The third-order valence-corrected chi connectivity index (χ3v) is 6.01. The second kappa shape index (κ2) is 13.8. The zero-order chi connectivity index (χ0) is 23.3. The smallest absolute Gasteiger partial charge is 0.243 e. The zero-order valence-corrected chi connectivity index (χ0v) is 19.6. The fourth-order valence-electron chi connectivity index (χ4n) is 4.34. The molecule has 0 aromatic rings. The Hall–Kier alpha value is -2.56. The molecule has 0 aliphatic carbocycles. The van der Waals surface area contributed by atoms with Crippen molar-refractivity contribution in [2.24, 2.45) is 0 Å². The number of hydrogen-bond donors (Lipinski definition) is 2. The van der Waals surface area contributed by atoms with Gasteiger partial charge in [-0.3, -0.25) is 19.2 Å². The molecular formula is C24H38N4O4. The molecule has 2 aliphatic rings. The number of carbonyl (C=O) groups excluding carboxylic acids is 4. The number of rotatable bonds is 8. The Morgan fingerprint density at radius 3 is 1.50 bits per heavy atom. The predicted octanol–water partition coefficient (Wildman–Crippen LogP) is 1.58. The number of nitrogens with one attached hydrogen (secondary N) is 2. The first-order valence-electron chi connectivity index (χ1n) is 12.1. The average Bonchev–Trinajstić information content (AvgIpc) is 2.81. The van der Waals surface area contributed by atoms with Crippen LogP contribution in [0.25, 0.3) is 0 Å². The Morgan fingerprint density at radius 1 is 0.719 bits per heavy atom. The van der Waals surface area contributed by atoms with E-state index >= 15 is 0 Å². The number of piperidine rings is 2. The van der Waals surface area contributed by atoms with Gasteiger partial charge in [0.2, 0.25) is 23.6 Å². The summed E-state index contributed by atoms with van der Waals surface area (Å²) >= 11 is 0. The Bertz CT molecular complexity index is 669. The summed E-state index contributed by atoms with van der Waals surface area (Å²) in [5.74, 6) is 5.45. The molecule has 2 saturated heterocycles. The molecule has 4 amide bonds. The van der Waals surface area contributed by atoms with Crippen molar-refractivity contribution in [3.63, 3.8) is 0 Å². The van der Waals surface area contributed by atoms with Crippen LogP contribution in [0.15, 0.2) is 0 Å². The minimum Gasteiger partial charge on any atom is -0.343 e. The van der Waals surface area contributed by atoms with Gasteiger partial charge in [0, 0.05) is 25.9 Å². The van der Waals surface area contributed by atoms with E-state index in [1.807, 2.05) is 13.8 Å². The van der Waals surface area contributed by atoms with E-state index < -0.39 is 12.1 Å². The molecule has 2 heterocycles. The minimum absolute atomic E-state index is 0.0373. The summed E-state index contributed by atoms with van der Waals surface area (Å²) < 4.78 is 0. The summed E-state index contributed by atoms with van der Waals surface area (Å²) in [6.45, 7) is 5.53. The maximum atomic E-state index is 12.5. The number of amides is 4. The van der Waals surface area contributed by atoms with Gasteiger partial charge in [-0.1, -0.05) is 25.7 Å². The second-order valence-corrected chi connectivity index (χ2v) is 8.49. The number of nitrogens with zero attached hydrogens (tertiary/aromatic N) is 2. The van der Waals surface area contributed by atoms with Gasteiger partial charge in [-0.2, -0.15) is 0 Å². The normalized spacial score (nSPS) is 20.7. The lowest BCUT2D eigenvalue weighted by Gasteiger charge is -2.34. The van der Waals surface area contributed by atoms with Crippen LogP contribution in [0.2, 0.25) is 0 Å². The molecule has 0 radical (unpaired) electrons.